The molecule has 0 unspecified atom stereocenters. The van der Waals surface area contributed by atoms with Gasteiger partial charge in [-0.05, 0) is 37.1 Å². The summed E-state index contributed by atoms with van der Waals surface area (Å²) < 4.78 is 46.4. The van der Waals surface area contributed by atoms with Crippen LogP contribution >= 0.6 is 0 Å². The molecule has 6 heteroatoms. The van der Waals surface area contributed by atoms with Gasteiger partial charge in [-0.15, -0.1) is 13.2 Å². The van der Waals surface area contributed by atoms with E-state index in [2.05, 4.69) is 10.1 Å². The minimum atomic E-state index is -4.66. The zero-order valence-electron chi connectivity index (χ0n) is 10.2. The summed E-state index contributed by atoms with van der Waals surface area (Å²) in [5.41, 5.74) is 0.814. The topological polar surface area (TPSA) is 30.5 Å². The third kappa shape index (κ3) is 2.63. The summed E-state index contributed by atoms with van der Waals surface area (Å²) in [6, 6.07) is 4.32. The van der Waals surface area contributed by atoms with E-state index in [0.717, 1.165) is 25.1 Å². The lowest BCUT2D eigenvalue weighted by Crippen LogP contribution is -2.17. The van der Waals surface area contributed by atoms with Crippen LogP contribution in [0.25, 0.3) is 0 Å². The third-order valence-corrected chi connectivity index (χ3v) is 3.70. The van der Waals surface area contributed by atoms with Crippen molar-refractivity contribution in [3.8, 4) is 11.5 Å². The fourth-order valence-electron chi connectivity index (χ4n) is 2.87. The molecule has 0 aliphatic carbocycles. The SMILES string of the molecule is FC(F)(F)Oc1ccc2c(c1)[C@H]1CNC[C@@H]1CCO2. The first-order valence-corrected chi connectivity index (χ1v) is 6.26. The highest BCUT2D eigenvalue weighted by Crippen LogP contribution is 2.41. The molecule has 1 fully saturated rings. The van der Waals surface area contributed by atoms with Gasteiger partial charge >= 0.3 is 6.36 Å². The lowest BCUT2D eigenvalue weighted by atomic mass is 9.87. The smallest absolute Gasteiger partial charge is 0.493 e. The van der Waals surface area contributed by atoms with Crippen molar-refractivity contribution >= 4 is 0 Å². The van der Waals surface area contributed by atoms with E-state index in [4.69, 9.17) is 4.74 Å². The van der Waals surface area contributed by atoms with Gasteiger partial charge in [0.25, 0.3) is 0 Å². The van der Waals surface area contributed by atoms with E-state index in [9.17, 15) is 13.2 Å². The zero-order chi connectivity index (χ0) is 13.5. The molecular weight excluding hydrogens is 259 g/mol. The van der Waals surface area contributed by atoms with Crippen LogP contribution in [0, 0.1) is 5.92 Å². The minimum absolute atomic E-state index is 0.178. The first-order valence-electron chi connectivity index (χ1n) is 6.26. The predicted molar refractivity (Wildman–Crippen MR) is 62.3 cm³/mol. The maximum atomic E-state index is 12.3. The number of hydrogen-bond donors (Lipinski definition) is 1. The van der Waals surface area contributed by atoms with Crippen molar-refractivity contribution in [3.63, 3.8) is 0 Å². The lowest BCUT2D eigenvalue weighted by Gasteiger charge is -2.17. The Morgan fingerprint density at radius 1 is 1.26 bits per heavy atom. The van der Waals surface area contributed by atoms with Crippen LogP contribution in [0.4, 0.5) is 13.2 Å². The van der Waals surface area contributed by atoms with E-state index in [0.29, 0.717) is 18.3 Å². The average Bonchev–Trinajstić information content (AvgIpc) is 2.71. The van der Waals surface area contributed by atoms with Gasteiger partial charge in [0.05, 0.1) is 6.61 Å². The van der Waals surface area contributed by atoms with Crippen molar-refractivity contribution in [2.24, 2.45) is 5.92 Å². The molecule has 3 rings (SSSR count). The molecule has 104 valence electrons. The van der Waals surface area contributed by atoms with Crippen LogP contribution < -0.4 is 14.8 Å². The molecule has 0 bridgehead atoms. The van der Waals surface area contributed by atoms with E-state index < -0.39 is 6.36 Å². The lowest BCUT2D eigenvalue weighted by molar-refractivity contribution is -0.274. The molecule has 1 aromatic rings. The molecule has 0 amide bonds. The second-order valence-corrected chi connectivity index (χ2v) is 4.91. The molecule has 0 aromatic heterocycles. The number of halogens is 3. The van der Waals surface area contributed by atoms with Gasteiger partial charge in [0.1, 0.15) is 11.5 Å². The van der Waals surface area contributed by atoms with Crippen molar-refractivity contribution in [1.82, 2.24) is 5.32 Å². The molecule has 1 N–H and O–H groups in total. The van der Waals surface area contributed by atoms with Crippen molar-refractivity contribution in [2.45, 2.75) is 18.7 Å². The largest absolute Gasteiger partial charge is 0.573 e. The molecule has 0 radical (unpaired) electrons. The van der Waals surface area contributed by atoms with E-state index in [1.165, 1.54) is 12.1 Å². The van der Waals surface area contributed by atoms with Crippen molar-refractivity contribution in [1.29, 1.82) is 0 Å². The number of alkyl halides is 3. The summed E-state index contributed by atoms with van der Waals surface area (Å²) in [6.45, 7) is 2.27. The Labute approximate surface area is 108 Å². The summed E-state index contributed by atoms with van der Waals surface area (Å²) in [6.07, 6.45) is -3.74. The highest BCUT2D eigenvalue weighted by atomic mass is 19.4. The zero-order valence-corrected chi connectivity index (χ0v) is 10.2. The molecule has 2 atom stereocenters. The second-order valence-electron chi connectivity index (χ2n) is 4.91. The quantitative estimate of drug-likeness (QED) is 0.853. The van der Waals surface area contributed by atoms with Gasteiger partial charge in [0, 0.05) is 18.0 Å². The fourth-order valence-corrected chi connectivity index (χ4v) is 2.87. The van der Waals surface area contributed by atoms with E-state index in [1.807, 2.05) is 0 Å². The summed E-state index contributed by atoms with van der Waals surface area (Å²) in [5, 5.41) is 3.28. The standard InChI is InChI=1S/C13H14F3NO2/c14-13(15,16)19-9-1-2-12-10(5-9)11-7-17-6-8(11)3-4-18-12/h1-2,5,8,11,17H,3-4,6-7H2/t8-,11-/m0/s1. The highest BCUT2D eigenvalue weighted by Gasteiger charge is 2.35. The number of fused-ring (bicyclic) bond motifs is 3. The molecule has 3 nitrogen and oxygen atoms in total. The molecule has 1 aromatic carbocycles. The summed E-state index contributed by atoms with van der Waals surface area (Å²) >= 11 is 0. The van der Waals surface area contributed by atoms with Crippen LogP contribution in [-0.2, 0) is 0 Å². The Morgan fingerprint density at radius 3 is 2.89 bits per heavy atom. The van der Waals surface area contributed by atoms with Gasteiger partial charge in [-0.25, -0.2) is 0 Å². The fraction of sp³-hybridized carbons (Fsp3) is 0.538. The van der Waals surface area contributed by atoms with Crippen molar-refractivity contribution in [3.05, 3.63) is 23.8 Å². The number of nitrogens with one attached hydrogen (secondary N) is 1. The van der Waals surface area contributed by atoms with Crippen LogP contribution in [0.3, 0.4) is 0 Å². The summed E-state index contributed by atoms with van der Waals surface area (Å²) in [4.78, 5) is 0. The Hall–Kier alpha value is -1.43. The monoisotopic (exact) mass is 273 g/mol. The average molecular weight is 273 g/mol. The molecule has 19 heavy (non-hydrogen) atoms. The first-order chi connectivity index (χ1) is 9.03. The number of rotatable bonds is 1. The Morgan fingerprint density at radius 2 is 2.11 bits per heavy atom. The van der Waals surface area contributed by atoms with Crippen LogP contribution in [0.2, 0.25) is 0 Å². The highest BCUT2D eigenvalue weighted by molar-refractivity contribution is 5.44. The summed E-state index contributed by atoms with van der Waals surface area (Å²) in [5.74, 6) is 1.12. The number of ether oxygens (including phenoxy) is 2. The third-order valence-electron chi connectivity index (χ3n) is 3.70. The maximum absolute atomic E-state index is 12.3. The molecule has 1 saturated heterocycles. The maximum Gasteiger partial charge on any atom is 0.573 e. The van der Waals surface area contributed by atoms with Gasteiger partial charge in [-0.1, -0.05) is 0 Å². The predicted octanol–water partition coefficient (Wildman–Crippen LogP) is 2.67. The van der Waals surface area contributed by atoms with E-state index >= 15 is 0 Å². The molecule has 2 heterocycles. The van der Waals surface area contributed by atoms with E-state index in [-0.39, 0.29) is 11.7 Å². The minimum Gasteiger partial charge on any atom is -0.493 e. The van der Waals surface area contributed by atoms with Crippen molar-refractivity contribution in [2.75, 3.05) is 19.7 Å². The van der Waals surface area contributed by atoms with Gasteiger partial charge < -0.3 is 14.8 Å². The molecular formula is C13H14F3NO2. The van der Waals surface area contributed by atoms with Crippen molar-refractivity contribution < 1.29 is 22.6 Å². The van der Waals surface area contributed by atoms with Crippen LogP contribution in [0.1, 0.15) is 17.9 Å². The Kier molecular flexibility index (Phi) is 3.05. The molecule has 0 spiro atoms. The molecule has 2 aliphatic rings. The normalized spacial score (nSPS) is 26.1. The van der Waals surface area contributed by atoms with Gasteiger partial charge in [-0.3, -0.25) is 0 Å². The molecule has 2 aliphatic heterocycles. The first kappa shape index (κ1) is 12.6. The summed E-state index contributed by atoms with van der Waals surface area (Å²) in [7, 11) is 0. The number of hydrogen-bond acceptors (Lipinski definition) is 3. The van der Waals surface area contributed by atoms with Crippen LogP contribution in [0.15, 0.2) is 18.2 Å². The van der Waals surface area contributed by atoms with Gasteiger partial charge in [-0.2, -0.15) is 0 Å². The van der Waals surface area contributed by atoms with Gasteiger partial charge in [0.15, 0.2) is 0 Å². The second kappa shape index (κ2) is 4.59. The van der Waals surface area contributed by atoms with Crippen LogP contribution in [0.5, 0.6) is 11.5 Å². The molecule has 0 saturated carbocycles. The Bertz CT molecular complexity index is 475. The van der Waals surface area contributed by atoms with Crippen LogP contribution in [-0.4, -0.2) is 26.1 Å². The Balaban J connectivity index is 1.93. The van der Waals surface area contributed by atoms with E-state index in [1.54, 1.807) is 6.07 Å². The van der Waals surface area contributed by atoms with Gasteiger partial charge in [0.2, 0.25) is 0 Å². The number of benzene rings is 1.